The molecular formula is C17H19Cl2N3O4S. The fourth-order valence-corrected chi connectivity index (χ4v) is 5.06. The lowest BCUT2D eigenvalue weighted by molar-refractivity contribution is -0.384. The molecule has 1 fully saturated rings. The Balaban J connectivity index is 0.00000261. The van der Waals surface area contributed by atoms with E-state index < -0.39 is 21.0 Å². The lowest BCUT2D eigenvalue weighted by Gasteiger charge is -2.35. The van der Waals surface area contributed by atoms with E-state index in [1.807, 2.05) is 12.1 Å². The number of rotatable bonds is 5. The molecule has 2 aromatic rings. The summed E-state index contributed by atoms with van der Waals surface area (Å²) in [4.78, 5) is 10.4. The maximum Gasteiger partial charge on any atom is 0.269 e. The molecule has 0 saturated carbocycles. The Hall–Kier alpha value is -1.71. The second-order valence-electron chi connectivity index (χ2n) is 6.04. The Labute approximate surface area is 168 Å². The average Bonchev–Trinajstić information content (AvgIpc) is 2.62. The third-order valence-electron chi connectivity index (χ3n) is 4.29. The average molecular weight is 432 g/mol. The van der Waals surface area contributed by atoms with Gasteiger partial charge in [-0.25, -0.2) is 8.42 Å². The van der Waals surface area contributed by atoms with Gasteiger partial charge >= 0.3 is 0 Å². The van der Waals surface area contributed by atoms with E-state index in [9.17, 15) is 18.5 Å². The molecule has 0 aromatic heterocycles. The second-order valence-corrected chi connectivity index (χ2v) is 8.36. The first-order valence-electron chi connectivity index (χ1n) is 8.06. The first-order chi connectivity index (χ1) is 12.4. The number of nitrogens with one attached hydrogen (secondary N) is 1. The number of non-ortho nitro benzene ring substituents is 1. The minimum atomic E-state index is -3.68. The molecule has 146 valence electrons. The molecule has 0 amide bonds. The van der Waals surface area contributed by atoms with E-state index in [1.165, 1.54) is 22.5 Å². The SMILES string of the molecule is Cl.O=[N+]([O-])c1cccc(CS(=O)(=O)N2CCNCC2c2ccccc2Cl)c1. The van der Waals surface area contributed by atoms with Crippen molar-refractivity contribution < 1.29 is 13.3 Å². The summed E-state index contributed by atoms with van der Waals surface area (Å²) in [5.74, 6) is -0.296. The summed E-state index contributed by atoms with van der Waals surface area (Å²) in [6.45, 7) is 1.31. The molecule has 1 N–H and O–H groups in total. The molecule has 1 aliphatic rings. The molecule has 10 heteroatoms. The van der Waals surface area contributed by atoms with Crippen LogP contribution >= 0.6 is 24.0 Å². The van der Waals surface area contributed by atoms with Gasteiger partial charge in [0.25, 0.3) is 5.69 Å². The molecule has 1 saturated heterocycles. The van der Waals surface area contributed by atoms with Crippen LogP contribution in [-0.2, 0) is 15.8 Å². The van der Waals surface area contributed by atoms with Crippen molar-refractivity contribution in [1.82, 2.24) is 9.62 Å². The molecule has 1 aliphatic heterocycles. The molecule has 0 aliphatic carbocycles. The third-order valence-corrected chi connectivity index (χ3v) is 6.48. The normalized spacial score (nSPS) is 17.9. The summed E-state index contributed by atoms with van der Waals surface area (Å²) < 4.78 is 27.5. The standard InChI is InChI=1S/C17H18ClN3O4S.ClH/c18-16-7-2-1-6-15(16)17-11-19-8-9-20(17)26(24,25)12-13-4-3-5-14(10-13)21(22)23;/h1-7,10,17,19H,8-9,11-12H2;1H. The summed E-state index contributed by atoms with van der Waals surface area (Å²) >= 11 is 6.26. The number of halogens is 2. The molecule has 0 radical (unpaired) electrons. The van der Waals surface area contributed by atoms with Gasteiger partial charge in [0.1, 0.15) is 0 Å². The largest absolute Gasteiger partial charge is 0.313 e. The second kappa shape index (κ2) is 8.99. The number of nitro groups is 1. The lowest BCUT2D eigenvalue weighted by Crippen LogP contribution is -2.49. The van der Waals surface area contributed by atoms with E-state index in [-0.39, 0.29) is 23.8 Å². The predicted octanol–water partition coefficient (Wildman–Crippen LogP) is 3.15. The molecule has 7 nitrogen and oxygen atoms in total. The zero-order chi connectivity index (χ0) is 18.7. The molecular weight excluding hydrogens is 413 g/mol. The molecule has 0 bridgehead atoms. The van der Waals surface area contributed by atoms with E-state index in [4.69, 9.17) is 11.6 Å². The Kier molecular flexibility index (Phi) is 7.19. The van der Waals surface area contributed by atoms with Crippen molar-refractivity contribution in [3.05, 3.63) is 74.8 Å². The van der Waals surface area contributed by atoms with Crippen molar-refractivity contribution >= 4 is 39.7 Å². The summed E-state index contributed by atoms with van der Waals surface area (Å²) in [5.41, 5.74) is 1.00. The topological polar surface area (TPSA) is 92.5 Å². The Morgan fingerprint density at radius 3 is 2.67 bits per heavy atom. The fourth-order valence-electron chi connectivity index (χ4n) is 3.08. The van der Waals surface area contributed by atoms with Gasteiger partial charge in [0, 0.05) is 36.8 Å². The first-order valence-corrected chi connectivity index (χ1v) is 10.1. The minimum absolute atomic E-state index is 0. The van der Waals surface area contributed by atoms with Crippen LogP contribution in [0.5, 0.6) is 0 Å². The van der Waals surface area contributed by atoms with Gasteiger partial charge in [-0.15, -0.1) is 12.4 Å². The maximum atomic E-state index is 13.0. The van der Waals surface area contributed by atoms with Crippen LogP contribution in [0.2, 0.25) is 5.02 Å². The number of piperazine rings is 1. The lowest BCUT2D eigenvalue weighted by atomic mass is 10.1. The quantitative estimate of drug-likeness (QED) is 0.579. The smallest absolute Gasteiger partial charge is 0.269 e. The van der Waals surface area contributed by atoms with Gasteiger partial charge < -0.3 is 5.32 Å². The van der Waals surface area contributed by atoms with Gasteiger partial charge in [-0.2, -0.15) is 4.31 Å². The third kappa shape index (κ3) is 4.97. The summed E-state index contributed by atoms with van der Waals surface area (Å²) in [7, 11) is -3.68. The highest BCUT2D eigenvalue weighted by molar-refractivity contribution is 7.88. The predicted molar refractivity (Wildman–Crippen MR) is 107 cm³/mol. The molecule has 1 heterocycles. The monoisotopic (exact) mass is 431 g/mol. The van der Waals surface area contributed by atoms with Crippen LogP contribution in [0.1, 0.15) is 17.2 Å². The molecule has 2 aromatic carbocycles. The number of nitrogens with zero attached hydrogens (tertiary/aromatic N) is 2. The van der Waals surface area contributed by atoms with Crippen molar-refractivity contribution in [2.75, 3.05) is 19.6 Å². The van der Waals surface area contributed by atoms with Crippen LogP contribution in [0.4, 0.5) is 5.69 Å². The highest BCUT2D eigenvalue weighted by Crippen LogP contribution is 2.31. The minimum Gasteiger partial charge on any atom is -0.313 e. The Morgan fingerprint density at radius 1 is 1.22 bits per heavy atom. The Bertz CT molecular complexity index is 924. The zero-order valence-corrected chi connectivity index (χ0v) is 16.6. The molecule has 27 heavy (non-hydrogen) atoms. The van der Waals surface area contributed by atoms with E-state index in [0.717, 1.165) is 5.56 Å². The number of hydrogen-bond donors (Lipinski definition) is 1. The van der Waals surface area contributed by atoms with Crippen molar-refractivity contribution in [1.29, 1.82) is 0 Å². The van der Waals surface area contributed by atoms with Crippen molar-refractivity contribution in [3.63, 3.8) is 0 Å². The summed E-state index contributed by atoms with van der Waals surface area (Å²) in [6, 6.07) is 12.5. The number of hydrogen-bond acceptors (Lipinski definition) is 5. The molecule has 0 spiro atoms. The van der Waals surface area contributed by atoms with Crippen LogP contribution in [0.15, 0.2) is 48.5 Å². The number of nitro benzene ring substituents is 1. The van der Waals surface area contributed by atoms with E-state index in [1.54, 1.807) is 18.2 Å². The van der Waals surface area contributed by atoms with Crippen LogP contribution in [0, 0.1) is 10.1 Å². The van der Waals surface area contributed by atoms with Gasteiger partial charge in [0.15, 0.2) is 0 Å². The molecule has 3 rings (SSSR count). The first kappa shape index (κ1) is 21.6. The fraction of sp³-hybridized carbons (Fsp3) is 0.294. The Morgan fingerprint density at radius 2 is 1.96 bits per heavy atom. The highest BCUT2D eigenvalue weighted by atomic mass is 35.5. The number of benzene rings is 2. The molecule has 1 atom stereocenters. The maximum absolute atomic E-state index is 13.0. The highest BCUT2D eigenvalue weighted by Gasteiger charge is 2.34. The number of sulfonamides is 1. The van der Waals surface area contributed by atoms with Crippen LogP contribution in [0.3, 0.4) is 0 Å². The summed E-state index contributed by atoms with van der Waals surface area (Å²) in [6.07, 6.45) is 0. The van der Waals surface area contributed by atoms with Gasteiger partial charge in [-0.05, 0) is 17.2 Å². The van der Waals surface area contributed by atoms with Crippen molar-refractivity contribution in [3.8, 4) is 0 Å². The summed E-state index contributed by atoms with van der Waals surface area (Å²) in [5, 5.41) is 14.6. The van der Waals surface area contributed by atoms with Gasteiger partial charge in [-0.1, -0.05) is 41.9 Å². The van der Waals surface area contributed by atoms with Crippen LogP contribution in [-0.4, -0.2) is 37.3 Å². The van der Waals surface area contributed by atoms with Crippen molar-refractivity contribution in [2.24, 2.45) is 0 Å². The van der Waals surface area contributed by atoms with E-state index >= 15 is 0 Å². The van der Waals surface area contributed by atoms with Crippen LogP contribution < -0.4 is 5.32 Å². The van der Waals surface area contributed by atoms with Gasteiger partial charge in [0.2, 0.25) is 10.0 Å². The van der Waals surface area contributed by atoms with E-state index in [0.29, 0.717) is 30.2 Å². The van der Waals surface area contributed by atoms with Crippen LogP contribution in [0.25, 0.3) is 0 Å². The van der Waals surface area contributed by atoms with Gasteiger partial charge in [0.05, 0.1) is 16.7 Å². The van der Waals surface area contributed by atoms with Gasteiger partial charge in [-0.3, -0.25) is 10.1 Å². The zero-order valence-electron chi connectivity index (χ0n) is 14.2. The molecule has 1 unspecified atom stereocenters. The van der Waals surface area contributed by atoms with E-state index in [2.05, 4.69) is 5.32 Å². The van der Waals surface area contributed by atoms with Crippen molar-refractivity contribution in [2.45, 2.75) is 11.8 Å².